The average Bonchev–Trinajstić information content (AvgIpc) is 3.33. The highest BCUT2D eigenvalue weighted by Crippen LogP contribution is 2.23. The number of rotatable bonds is 7. The van der Waals surface area contributed by atoms with Crippen LogP contribution in [-0.4, -0.2) is 27.9 Å². The number of nitriles is 1. The van der Waals surface area contributed by atoms with Gasteiger partial charge in [-0.25, -0.2) is 0 Å². The second-order valence-electron chi connectivity index (χ2n) is 7.23. The summed E-state index contributed by atoms with van der Waals surface area (Å²) in [6, 6.07) is 17.4. The number of benzene rings is 2. The van der Waals surface area contributed by atoms with Gasteiger partial charge >= 0.3 is 0 Å². The van der Waals surface area contributed by atoms with Crippen LogP contribution in [0.4, 0.5) is 0 Å². The largest absolute Gasteiger partial charge is 0.368 e. The molecule has 0 bridgehead atoms. The quantitative estimate of drug-likeness (QED) is 0.321. The van der Waals surface area contributed by atoms with Crippen LogP contribution in [-0.2, 0) is 22.6 Å². The molecule has 154 valence electrons. The number of carbonyl (C=O) groups excluding carboxylic acids is 2. The van der Waals surface area contributed by atoms with Crippen LogP contribution < -0.4 is 11.1 Å². The summed E-state index contributed by atoms with van der Waals surface area (Å²) in [6.07, 6.45) is 5.85. The van der Waals surface area contributed by atoms with Crippen molar-refractivity contribution >= 4 is 39.7 Å². The van der Waals surface area contributed by atoms with Gasteiger partial charge in [-0.15, -0.1) is 0 Å². The first-order valence-electron chi connectivity index (χ1n) is 9.88. The lowest BCUT2D eigenvalue weighted by atomic mass is 10.1. The van der Waals surface area contributed by atoms with E-state index in [1.165, 1.54) is 0 Å². The maximum atomic E-state index is 12.6. The van der Waals surface area contributed by atoms with Crippen molar-refractivity contribution in [1.82, 2.24) is 14.9 Å². The van der Waals surface area contributed by atoms with E-state index in [9.17, 15) is 14.9 Å². The fourth-order valence-corrected chi connectivity index (χ4v) is 3.74. The molecular weight excluding hydrogens is 390 g/mol. The summed E-state index contributed by atoms with van der Waals surface area (Å²) in [4.78, 5) is 27.2. The average molecular weight is 411 g/mol. The molecule has 0 saturated carbocycles. The minimum Gasteiger partial charge on any atom is -0.368 e. The van der Waals surface area contributed by atoms with Crippen LogP contribution in [0.3, 0.4) is 0 Å². The Morgan fingerprint density at radius 1 is 1.13 bits per heavy atom. The molecule has 0 saturated heterocycles. The van der Waals surface area contributed by atoms with E-state index >= 15 is 0 Å². The molecule has 0 atom stereocenters. The second-order valence-corrected chi connectivity index (χ2v) is 7.23. The highest BCUT2D eigenvalue weighted by molar-refractivity contribution is 6.04. The predicted octanol–water partition coefficient (Wildman–Crippen LogP) is 2.87. The van der Waals surface area contributed by atoms with Crippen molar-refractivity contribution in [2.24, 2.45) is 5.73 Å². The van der Waals surface area contributed by atoms with E-state index < -0.39 is 11.8 Å². The van der Waals surface area contributed by atoms with Crippen molar-refractivity contribution in [1.29, 1.82) is 5.26 Å². The van der Waals surface area contributed by atoms with Crippen molar-refractivity contribution in [2.45, 2.75) is 13.0 Å². The van der Waals surface area contributed by atoms with E-state index in [0.717, 1.165) is 27.4 Å². The lowest BCUT2D eigenvalue weighted by molar-refractivity contribution is -0.118. The van der Waals surface area contributed by atoms with Gasteiger partial charge in [-0.2, -0.15) is 5.26 Å². The SMILES string of the molecule is N#CC(=Cc1cn(CC(N)=O)c2ccccc12)C(=O)NCCc1c[nH]c2ccccc12. The van der Waals surface area contributed by atoms with Crippen molar-refractivity contribution in [2.75, 3.05) is 6.54 Å². The molecule has 31 heavy (non-hydrogen) atoms. The number of nitrogens with one attached hydrogen (secondary N) is 2. The van der Waals surface area contributed by atoms with Crippen molar-refractivity contribution < 1.29 is 9.59 Å². The number of aromatic amines is 1. The smallest absolute Gasteiger partial charge is 0.261 e. The summed E-state index contributed by atoms with van der Waals surface area (Å²) in [5.74, 6) is -0.902. The van der Waals surface area contributed by atoms with E-state index in [2.05, 4.69) is 10.3 Å². The molecule has 2 aromatic heterocycles. The Hall–Kier alpha value is -4.31. The third-order valence-electron chi connectivity index (χ3n) is 5.17. The minimum absolute atomic E-state index is 0.000838. The number of hydrogen-bond donors (Lipinski definition) is 3. The zero-order valence-corrected chi connectivity index (χ0v) is 16.8. The van der Waals surface area contributed by atoms with Gasteiger partial charge in [0.2, 0.25) is 5.91 Å². The molecule has 0 aliphatic rings. The molecule has 0 spiro atoms. The second kappa shape index (κ2) is 8.59. The summed E-state index contributed by atoms with van der Waals surface area (Å²) in [7, 11) is 0. The van der Waals surface area contributed by atoms with E-state index in [4.69, 9.17) is 5.73 Å². The summed E-state index contributed by atoms with van der Waals surface area (Å²) >= 11 is 0. The lowest BCUT2D eigenvalue weighted by Crippen LogP contribution is -2.26. The molecule has 0 aliphatic heterocycles. The molecule has 7 nitrogen and oxygen atoms in total. The summed E-state index contributed by atoms with van der Waals surface area (Å²) in [5, 5.41) is 14.3. The number of H-pyrrole nitrogens is 1. The van der Waals surface area contributed by atoms with Gasteiger partial charge in [0.15, 0.2) is 0 Å². The van der Waals surface area contributed by atoms with Gasteiger partial charge in [0.05, 0.1) is 0 Å². The van der Waals surface area contributed by atoms with Crippen LogP contribution >= 0.6 is 0 Å². The summed E-state index contributed by atoms with van der Waals surface area (Å²) in [6.45, 7) is 0.427. The lowest BCUT2D eigenvalue weighted by Gasteiger charge is -2.04. The van der Waals surface area contributed by atoms with Crippen LogP contribution in [0.2, 0.25) is 0 Å². The monoisotopic (exact) mass is 411 g/mol. The van der Waals surface area contributed by atoms with Crippen LogP contribution in [0.25, 0.3) is 27.9 Å². The summed E-state index contributed by atoms with van der Waals surface area (Å²) < 4.78 is 1.72. The van der Waals surface area contributed by atoms with Gasteiger partial charge in [-0.3, -0.25) is 9.59 Å². The molecule has 2 aromatic carbocycles. The molecule has 0 radical (unpaired) electrons. The maximum Gasteiger partial charge on any atom is 0.261 e. The fourth-order valence-electron chi connectivity index (χ4n) is 3.74. The highest BCUT2D eigenvalue weighted by Gasteiger charge is 2.13. The number of aromatic nitrogens is 2. The zero-order chi connectivity index (χ0) is 21.8. The molecule has 4 aromatic rings. The predicted molar refractivity (Wildman–Crippen MR) is 120 cm³/mol. The van der Waals surface area contributed by atoms with Crippen LogP contribution in [0, 0.1) is 11.3 Å². The van der Waals surface area contributed by atoms with Crippen molar-refractivity contribution in [3.63, 3.8) is 0 Å². The minimum atomic E-state index is -0.466. The number of para-hydroxylation sites is 2. The number of nitrogens with two attached hydrogens (primary N) is 1. The number of hydrogen-bond acceptors (Lipinski definition) is 3. The molecule has 0 fully saturated rings. The Morgan fingerprint density at radius 3 is 2.65 bits per heavy atom. The van der Waals surface area contributed by atoms with E-state index in [1.54, 1.807) is 16.8 Å². The van der Waals surface area contributed by atoms with E-state index in [1.807, 2.05) is 60.8 Å². The first kappa shape index (κ1) is 20.0. The number of fused-ring (bicyclic) bond motifs is 2. The molecule has 4 N–H and O–H groups in total. The third kappa shape index (κ3) is 4.19. The maximum absolute atomic E-state index is 12.6. The molecule has 2 amide bonds. The number of primary amides is 1. The Balaban J connectivity index is 1.51. The Bertz CT molecular complexity index is 1350. The molecule has 0 unspecified atom stereocenters. The van der Waals surface area contributed by atoms with Crippen LogP contribution in [0.5, 0.6) is 0 Å². The van der Waals surface area contributed by atoms with Gasteiger partial charge in [0.25, 0.3) is 5.91 Å². The van der Waals surface area contributed by atoms with Crippen molar-refractivity contribution in [3.05, 3.63) is 77.6 Å². The summed E-state index contributed by atoms with van der Waals surface area (Å²) in [5.41, 5.74) is 8.98. The van der Waals surface area contributed by atoms with Gasteiger partial charge in [-0.1, -0.05) is 36.4 Å². The highest BCUT2D eigenvalue weighted by atomic mass is 16.2. The van der Waals surface area contributed by atoms with Crippen molar-refractivity contribution in [3.8, 4) is 6.07 Å². The number of nitrogens with zero attached hydrogens (tertiary/aromatic N) is 2. The standard InChI is InChI=1S/C24H21N5O2/c25-12-17(11-18-14-29(15-23(26)30)22-8-4-2-6-20(18)22)24(31)27-10-9-16-13-28-21-7-3-1-5-19(16)21/h1-8,11,13-14,28H,9-10,15H2,(H2,26,30)(H,27,31). The normalized spacial score (nSPS) is 11.5. The molecular formula is C24H21N5O2. The Morgan fingerprint density at radius 2 is 1.87 bits per heavy atom. The van der Waals surface area contributed by atoms with Gasteiger partial charge in [-0.05, 0) is 30.2 Å². The van der Waals surface area contributed by atoms with Gasteiger partial charge < -0.3 is 20.6 Å². The van der Waals surface area contributed by atoms with Gasteiger partial charge in [0, 0.05) is 46.3 Å². The van der Waals surface area contributed by atoms with Gasteiger partial charge in [0.1, 0.15) is 18.2 Å². The Labute approximate surface area is 178 Å². The Kier molecular flexibility index (Phi) is 5.54. The van der Waals surface area contributed by atoms with Crippen LogP contribution in [0.1, 0.15) is 11.1 Å². The molecule has 4 rings (SSSR count). The topological polar surface area (TPSA) is 117 Å². The first-order valence-corrected chi connectivity index (χ1v) is 9.88. The third-order valence-corrected chi connectivity index (χ3v) is 5.17. The number of carbonyl (C=O) groups is 2. The molecule has 2 heterocycles. The fraction of sp³-hybridized carbons (Fsp3) is 0.125. The number of amides is 2. The first-order chi connectivity index (χ1) is 15.1. The van der Waals surface area contributed by atoms with Crippen LogP contribution in [0.15, 0.2) is 66.5 Å². The molecule has 7 heteroatoms. The molecule has 0 aliphatic carbocycles. The zero-order valence-electron chi connectivity index (χ0n) is 16.8. The van der Waals surface area contributed by atoms with E-state index in [0.29, 0.717) is 18.5 Å². The van der Waals surface area contributed by atoms with E-state index in [-0.39, 0.29) is 12.1 Å².